The molecular weight excluding hydrogens is 309 g/mol. The summed E-state index contributed by atoms with van der Waals surface area (Å²) in [5.74, 6) is 2.40. The van der Waals surface area contributed by atoms with E-state index in [9.17, 15) is 0 Å². The normalized spacial score (nSPS) is 28.4. The number of rotatable bonds is 3. The monoisotopic (exact) mass is 335 g/mol. The Bertz CT molecular complexity index is 204. The van der Waals surface area contributed by atoms with Crippen LogP contribution in [0.15, 0.2) is 0 Å². The third kappa shape index (κ3) is 9.45. The van der Waals surface area contributed by atoms with Gasteiger partial charge in [0.05, 0.1) is 11.7 Å². The third-order valence-corrected chi connectivity index (χ3v) is 4.91. The molecule has 3 unspecified atom stereocenters. The third-order valence-electron chi connectivity index (χ3n) is 2.65. The molecule has 0 saturated carbocycles. The smallest absolute Gasteiger partial charge is 0.621 e. The molecule has 1 aliphatic heterocycles. The van der Waals surface area contributed by atoms with Crippen LogP contribution in [0.3, 0.4) is 0 Å². The summed E-state index contributed by atoms with van der Waals surface area (Å²) in [6.07, 6.45) is -0.00829. The van der Waals surface area contributed by atoms with Crippen molar-refractivity contribution in [3.8, 4) is 0 Å². The van der Waals surface area contributed by atoms with Gasteiger partial charge >= 0.3 is 29.6 Å². The standard InChI is InChI=1S/C12H25O2P.Na.HOPS/c1-7(2)10-13-11(8(3)4)15-12(14-10)9(5)6;;1-2-3/h7-12,15H,1-6H3;;2H/q;+1;. The van der Waals surface area contributed by atoms with E-state index in [0.29, 0.717) is 29.4 Å². The van der Waals surface area contributed by atoms with Gasteiger partial charge in [-0.05, 0) is 11.8 Å². The Morgan fingerprint density at radius 2 is 1.26 bits per heavy atom. The van der Waals surface area contributed by atoms with E-state index in [1.807, 2.05) is 0 Å². The van der Waals surface area contributed by atoms with Gasteiger partial charge in [0.25, 0.3) is 0 Å². The van der Waals surface area contributed by atoms with Gasteiger partial charge in [0.1, 0.15) is 7.58 Å². The molecule has 0 amide bonds. The second-order valence-corrected chi connectivity index (χ2v) is 7.60. The summed E-state index contributed by atoms with van der Waals surface area (Å²) < 4.78 is 12.0. The quantitative estimate of drug-likeness (QED) is 0.541. The van der Waals surface area contributed by atoms with Crippen LogP contribution in [-0.4, -0.2) is 18.0 Å². The summed E-state index contributed by atoms with van der Waals surface area (Å²) in [4.78, 5) is 8.77. The van der Waals surface area contributed by atoms with Gasteiger partial charge in [-0.15, -0.1) is 0 Å². The van der Waals surface area contributed by atoms with Crippen LogP contribution in [0.25, 0.3) is 0 Å². The number of hydrogen-bond donors (Lipinski definition) is 0. The van der Waals surface area contributed by atoms with E-state index in [1.54, 1.807) is 0 Å². The zero-order chi connectivity index (χ0) is 14.3. The first-order valence-corrected chi connectivity index (χ1v) is 9.59. The Hall–Kier alpha value is 1.83. The van der Waals surface area contributed by atoms with E-state index in [2.05, 4.69) is 53.3 Å². The molecule has 3 atom stereocenters. The molecule has 7 heteroatoms. The average Bonchev–Trinajstić information content (AvgIpc) is 2.29. The van der Waals surface area contributed by atoms with Crippen LogP contribution in [0, 0.1) is 17.8 Å². The van der Waals surface area contributed by atoms with E-state index in [0.717, 1.165) is 8.58 Å². The Labute approximate surface area is 148 Å². The van der Waals surface area contributed by atoms with Gasteiger partial charge in [-0.3, -0.25) is 0 Å². The minimum atomic E-state index is -0.583. The summed E-state index contributed by atoms with van der Waals surface area (Å²) in [5.41, 5.74) is 0. The molecule has 1 fully saturated rings. The largest absolute Gasteiger partial charge is 1.00 e. The minimum absolute atomic E-state index is 0. The fourth-order valence-electron chi connectivity index (χ4n) is 1.57. The molecule has 1 rings (SSSR count). The molecule has 1 aliphatic rings. The molecule has 3 nitrogen and oxygen atoms in total. The van der Waals surface area contributed by atoms with Crippen LogP contribution in [0.1, 0.15) is 41.5 Å². The van der Waals surface area contributed by atoms with Crippen LogP contribution in [-0.2, 0) is 21.3 Å². The summed E-state index contributed by atoms with van der Waals surface area (Å²) in [7, 11) is 0.196. The predicted molar refractivity (Wildman–Crippen MR) is 82.0 cm³/mol. The van der Waals surface area contributed by atoms with E-state index in [4.69, 9.17) is 14.4 Å². The van der Waals surface area contributed by atoms with Gasteiger partial charge in [0.2, 0.25) is 0 Å². The second kappa shape index (κ2) is 12.4. The van der Waals surface area contributed by atoms with Crippen molar-refractivity contribution >= 4 is 28.0 Å². The van der Waals surface area contributed by atoms with Gasteiger partial charge in [-0.25, -0.2) is 0 Å². The molecule has 0 aromatic carbocycles. The van der Waals surface area contributed by atoms with Crippen molar-refractivity contribution in [2.45, 2.75) is 59.5 Å². The molecule has 108 valence electrons. The van der Waals surface area contributed by atoms with Crippen molar-refractivity contribution in [2.24, 2.45) is 17.8 Å². The maximum absolute atomic E-state index is 8.77. The first-order chi connectivity index (χ1) is 8.33. The fourth-order valence-corrected chi connectivity index (χ4v) is 3.09. The Morgan fingerprint density at radius 3 is 1.47 bits per heavy atom. The van der Waals surface area contributed by atoms with Gasteiger partial charge in [0, 0.05) is 5.92 Å². The maximum atomic E-state index is 8.77. The molecule has 1 heterocycles. The van der Waals surface area contributed by atoms with Gasteiger partial charge in [-0.2, -0.15) is 0 Å². The molecule has 0 aromatic rings. The minimum Gasteiger partial charge on any atom is -0.621 e. The van der Waals surface area contributed by atoms with Crippen molar-refractivity contribution < 1.29 is 43.9 Å². The molecule has 0 aromatic heterocycles. The molecule has 0 aliphatic carbocycles. The SMILES string of the molecule is CC(C)C1OC(C(C)C)PC(C(C)C)O1.[Na+].[O-][PH+]=S. The summed E-state index contributed by atoms with van der Waals surface area (Å²) in [6.45, 7) is 13.3. The molecule has 0 bridgehead atoms. The Kier molecular flexibility index (Phi) is 15.1. The molecule has 0 radical (unpaired) electrons. The zero-order valence-corrected chi connectivity index (χ0v) is 17.9. The van der Waals surface area contributed by atoms with Crippen LogP contribution >= 0.6 is 16.2 Å². The summed E-state index contributed by atoms with van der Waals surface area (Å²) in [5, 5.41) is 0. The molecule has 0 N–H and O–H groups in total. The van der Waals surface area contributed by atoms with Crippen LogP contribution in [0.5, 0.6) is 0 Å². The number of hydrogen-bond acceptors (Lipinski definition) is 4. The van der Waals surface area contributed by atoms with Crippen LogP contribution in [0.4, 0.5) is 0 Å². The van der Waals surface area contributed by atoms with E-state index in [1.165, 1.54) is 0 Å². The van der Waals surface area contributed by atoms with Crippen molar-refractivity contribution in [1.82, 2.24) is 0 Å². The van der Waals surface area contributed by atoms with E-state index >= 15 is 0 Å². The van der Waals surface area contributed by atoms with Gasteiger partial charge in [-0.1, -0.05) is 50.1 Å². The zero-order valence-electron chi connectivity index (χ0n) is 13.1. The molecule has 0 spiro atoms. The van der Waals surface area contributed by atoms with Gasteiger partial charge in [0.15, 0.2) is 18.1 Å². The van der Waals surface area contributed by atoms with E-state index < -0.39 is 7.58 Å². The molecular formula is C12H26NaO3P2S+. The predicted octanol–water partition coefficient (Wildman–Crippen LogP) is 0.0641. The van der Waals surface area contributed by atoms with Crippen molar-refractivity contribution in [3.05, 3.63) is 0 Å². The maximum Gasteiger partial charge on any atom is 1.00 e. The summed E-state index contributed by atoms with van der Waals surface area (Å²) >= 11 is 3.87. The van der Waals surface area contributed by atoms with Crippen LogP contribution < -0.4 is 34.5 Å². The summed E-state index contributed by atoms with van der Waals surface area (Å²) in [6, 6.07) is 0. The van der Waals surface area contributed by atoms with Crippen molar-refractivity contribution in [2.75, 3.05) is 0 Å². The molecule has 1 saturated heterocycles. The Balaban J connectivity index is 0. The van der Waals surface area contributed by atoms with Gasteiger partial charge < -0.3 is 14.4 Å². The average molecular weight is 335 g/mol. The Morgan fingerprint density at radius 1 is 0.947 bits per heavy atom. The number of ether oxygens (including phenoxy) is 2. The van der Waals surface area contributed by atoms with Crippen molar-refractivity contribution in [1.29, 1.82) is 0 Å². The van der Waals surface area contributed by atoms with E-state index in [-0.39, 0.29) is 35.8 Å². The topological polar surface area (TPSA) is 41.5 Å². The fraction of sp³-hybridized carbons (Fsp3) is 1.00. The first-order valence-electron chi connectivity index (χ1n) is 6.39. The first kappa shape index (κ1) is 23.1. The van der Waals surface area contributed by atoms with Crippen LogP contribution in [0.2, 0.25) is 0 Å². The van der Waals surface area contributed by atoms with Crippen molar-refractivity contribution in [3.63, 3.8) is 0 Å². The molecule has 19 heavy (non-hydrogen) atoms. The second-order valence-electron chi connectivity index (χ2n) is 5.46.